The highest BCUT2D eigenvalue weighted by Crippen LogP contribution is 2.27. The molecule has 0 atom stereocenters. The maximum absolute atomic E-state index is 12.4. The van der Waals surface area contributed by atoms with Gasteiger partial charge in [0.25, 0.3) is 0 Å². The van der Waals surface area contributed by atoms with Crippen LogP contribution in [0.15, 0.2) is 28.3 Å². The number of carbonyl (C=O) groups excluding carboxylic acids is 1. The fourth-order valence-electron chi connectivity index (χ4n) is 2.94. The van der Waals surface area contributed by atoms with E-state index in [9.17, 15) is 13.2 Å². The third-order valence-electron chi connectivity index (χ3n) is 4.44. The van der Waals surface area contributed by atoms with E-state index in [0.29, 0.717) is 37.0 Å². The Morgan fingerprint density at radius 1 is 1.33 bits per heavy atom. The molecule has 1 amide bonds. The van der Waals surface area contributed by atoms with Crippen molar-refractivity contribution in [3.63, 3.8) is 0 Å². The van der Waals surface area contributed by atoms with Gasteiger partial charge in [0.2, 0.25) is 15.9 Å². The number of thioether (sulfide) groups is 1. The third-order valence-corrected chi connectivity index (χ3v) is 6.31. The van der Waals surface area contributed by atoms with Gasteiger partial charge in [0.05, 0.1) is 34.9 Å². The van der Waals surface area contributed by atoms with E-state index in [1.807, 2.05) is 4.57 Å². The van der Waals surface area contributed by atoms with Crippen molar-refractivity contribution >= 4 is 38.7 Å². The number of primary sulfonamides is 1. The predicted molar refractivity (Wildman–Crippen MR) is 104 cm³/mol. The number of imidazole rings is 1. The maximum atomic E-state index is 12.4. The number of nitrogens with two attached hydrogens (primary N) is 1. The average Bonchev–Trinajstić information content (AvgIpc) is 3.01. The van der Waals surface area contributed by atoms with Gasteiger partial charge in [-0.15, -0.1) is 0 Å². The van der Waals surface area contributed by atoms with Crippen molar-refractivity contribution in [3.8, 4) is 0 Å². The van der Waals surface area contributed by atoms with E-state index in [-0.39, 0.29) is 16.6 Å². The Balaban J connectivity index is 1.84. The zero-order valence-electron chi connectivity index (χ0n) is 15.3. The number of ether oxygens (including phenoxy) is 1. The van der Waals surface area contributed by atoms with Crippen molar-refractivity contribution < 1.29 is 17.9 Å². The number of benzene rings is 1. The minimum absolute atomic E-state index is 0.0380. The van der Waals surface area contributed by atoms with Gasteiger partial charge in [-0.3, -0.25) is 4.79 Å². The molecule has 1 saturated heterocycles. The number of hydrogen-bond donors (Lipinski definition) is 1. The van der Waals surface area contributed by atoms with Crippen LogP contribution in [0.5, 0.6) is 0 Å². The number of morpholine rings is 1. The fraction of sp³-hybridized carbons (Fsp3) is 0.529. The Labute approximate surface area is 163 Å². The van der Waals surface area contributed by atoms with Crippen LogP contribution in [0.2, 0.25) is 0 Å². The second-order valence-electron chi connectivity index (χ2n) is 6.38. The van der Waals surface area contributed by atoms with E-state index in [2.05, 4.69) is 11.9 Å². The number of rotatable bonds is 7. The van der Waals surface area contributed by atoms with Crippen LogP contribution >= 0.6 is 11.8 Å². The molecule has 1 aromatic carbocycles. The zero-order chi connectivity index (χ0) is 19.4. The molecule has 2 aromatic rings. The predicted octanol–water partition coefficient (Wildman–Crippen LogP) is 1.43. The summed E-state index contributed by atoms with van der Waals surface area (Å²) in [6, 6.07) is 4.71. The highest BCUT2D eigenvalue weighted by Gasteiger charge is 2.19. The molecule has 10 heteroatoms. The lowest BCUT2D eigenvalue weighted by atomic mass is 10.3. The molecule has 0 aliphatic carbocycles. The highest BCUT2D eigenvalue weighted by atomic mass is 32.2. The van der Waals surface area contributed by atoms with Gasteiger partial charge in [-0.25, -0.2) is 18.5 Å². The summed E-state index contributed by atoms with van der Waals surface area (Å²) >= 11 is 1.38. The monoisotopic (exact) mass is 412 g/mol. The molecule has 8 nitrogen and oxygen atoms in total. The van der Waals surface area contributed by atoms with Crippen LogP contribution in [0.1, 0.15) is 19.8 Å². The summed E-state index contributed by atoms with van der Waals surface area (Å²) in [5.41, 5.74) is 1.41. The molecule has 1 aliphatic rings. The van der Waals surface area contributed by atoms with E-state index < -0.39 is 10.0 Å². The van der Waals surface area contributed by atoms with Gasteiger partial charge >= 0.3 is 0 Å². The lowest BCUT2D eigenvalue weighted by Gasteiger charge is -2.26. The topological polar surface area (TPSA) is 108 Å². The van der Waals surface area contributed by atoms with E-state index in [1.165, 1.54) is 23.9 Å². The number of hydrogen-bond acceptors (Lipinski definition) is 6. The quantitative estimate of drug-likeness (QED) is 0.690. The largest absolute Gasteiger partial charge is 0.378 e. The first-order chi connectivity index (χ1) is 12.9. The minimum Gasteiger partial charge on any atom is -0.378 e. The highest BCUT2D eigenvalue weighted by molar-refractivity contribution is 7.99. The average molecular weight is 413 g/mol. The molecule has 1 aliphatic heterocycles. The number of fused-ring (bicyclic) bond motifs is 1. The first-order valence-corrected chi connectivity index (χ1v) is 11.4. The standard InChI is InChI=1S/C17H24N4O4S2/c1-2-3-6-21-15-5-4-13(27(18,23)24)11-14(15)19-17(21)26-12-16(22)20-7-9-25-10-8-20/h4-5,11H,2-3,6-10,12H2,1H3,(H2,18,23,24). The molecule has 1 aromatic heterocycles. The van der Waals surface area contributed by atoms with Gasteiger partial charge < -0.3 is 14.2 Å². The summed E-state index contributed by atoms with van der Waals surface area (Å²) in [7, 11) is -3.78. The first-order valence-electron chi connectivity index (χ1n) is 8.91. The second kappa shape index (κ2) is 8.59. The Morgan fingerprint density at radius 2 is 2.07 bits per heavy atom. The van der Waals surface area contributed by atoms with Crippen molar-refractivity contribution in [2.24, 2.45) is 5.14 Å². The SMILES string of the molecule is CCCCn1c(SCC(=O)N2CCOCC2)nc2cc(S(N)(=O)=O)ccc21. The molecule has 2 N–H and O–H groups in total. The zero-order valence-corrected chi connectivity index (χ0v) is 16.9. The summed E-state index contributed by atoms with van der Waals surface area (Å²) in [5, 5.41) is 5.94. The van der Waals surface area contributed by atoms with Gasteiger partial charge in [-0.2, -0.15) is 0 Å². The Kier molecular flexibility index (Phi) is 6.40. The van der Waals surface area contributed by atoms with E-state index in [1.54, 1.807) is 11.0 Å². The molecule has 0 radical (unpaired) electrons. The molecule has 0 bridgehead atoms. The first kappa shape index (κ1) is 20.1. The van der Waals surface area contributed by atoms with Gasteiger partial charge in [-0.05, 0) is 24.6 Å². The van der Waals surface area contributed by atoms with Crippen LogP contribution in [0.4, 0.5) is 0 Å². The fourth-order valence-corrected chi connectivity index (χ4v) is 4.41. The normalized spacial score (nSPS) is 15.4. The van der Waals surface area contributed by atoms with Crippen molar-refractivity contribution in [1.29, 1.82) is 0 Å². The van der Waals surface area contributed by atoms with Crippen LogP contribution < -0.4 is 5.14 Å². The van der Waals surface area contributed by atoms with Crippen LogP contribution in [0.25, 0.3) is 11.0 Å². The molecular weight excluding hydrogens is 388 g/mol. The molecule has 3 rings (SSSR count). The molecule has 2 heterocycles. The molecule has 148 valence electrons. The van der Waals surface area contributed by atoms with Crippen molar-refractivity contribution in [1.82, 2.24) is 14.5 Å². The number of aryl methyl sites for hydroxylation is 1. The molecular formula is C17H24N4O4S2. The lowest BCUT2D eigenvalue weighted by Crippen LogP contribution is -2.41. The Hall–Kier alpha value is -1.62. The lowest BCUT2D eigenvalue weighted by molar-refractivity contribution is -0.132. The van der Waals surface area contributed by atoms with Gasteiger partial charge in [0.15, 0.2) is 5.16 Å². The molecule has 1 fully saturated rings. The molecule has 0 spiro atoms. The summed E-state index contributed by atoms with van der Waals surface area (Å²) in [5.74, 6) is 0.347. The summed E-state index contributed by atoms with van der Waals surface area (Å²) in [6.07, 6.45) is 1.99. The summed E-state index contributed by atoms with van der Waals surface area (Å²) in [4.78, 5) is 18.8. The van der Waals surface area contributed by atoms with Gasteiger partial charge in [0, 0.05) is 19.6 Å². The van der Waals surface area contributed by atoms with Crippen LogP contribution in [-0.4, -0.2) is 60.8 Å². The smallest absolute Gasteiger partial charge is 0.238 e. The van der Waals surface area contributed by atoms with Crippen molar-refractivity contribution in [2.75, 3.05) is 32.1 Å². The maximum Gasteiger partial charge on any atom is 0.238 e. The number of sulfonamides is 1. The Bertz CT molecular complexity index is 920. The number of carbonyl (C=O) groups is 1. The third kappa shape index (κ3) is 4.81. The van der Waals surface area contributed by atoms with Crippen LogP contribution in [0, 0.1) is 0 Å². The number of amides is 1. The molecule has 27 heavy (non-hydrogen) atoms. The Morgan fingerprint density at radius 3 is 2.74 bits per heavy atom. The summed E-state index contributed by atoms with van der Waals surface area (Å²) < 4.78 is 30.5. The van der Waals surface area contributed by atoms with E-state index >= 15 is 0 Å². The van der Waals surface area contributed by atoms with Crippen molar-refractivity contribution in [3.05, 3.63) is 18.2 Å². The van der Waals surface area contributed by atoms with Gasteiger partial charge in [-0.1, -0.05) is 25.1 Å². The number of aromatic nitrogens is 2. The summed E-state index contributed by atoms with van der Waals surface area (Å²) in [6.45, 7) is 5.24. The van der Waals surface area contributed by atoms with E-state index in [4.69, 9.17) is 9.88 Å². The van der Waals surface area contributed by atoms with E-state index in [0.717, 1.165) is 24.9 Å². The van der Waals surface area contributed by atoms with Gasteiger partial charge in [0.1, 0.15) is 0 Å². The second-order valence-corrected chi connectivity index (χ2v) is 8.88. The van der Waals surface area contributed by atoms with Crippen LogP contribution in [0.3, 0.4) is 0 Å². The molecule has 0 saturated carbocycles. The number of unbranched alkanes of at least 4 members (excludes halogenated alkanes) is 1. The minimum atomic E-state index is -3.78. The van der Waals surface area contributed by atoms with Crippen LogP contribution in [-0.2, 0) is 26.1 Å². The van der Waals surface area contributed by atoms with Crippen molar-refractivity contribution in [2.45, 2.75) is 36.4 Å². The number of nitrogens with zero attached hydrogens (tertiary/aromatic N) is 3. The molecule has 0 unspecified atom stereocenters.